The Kier molecular flexibility index (Phi) is 4.76. The molecule has 2 aliphatic rings. The smallest absolute Gasteiger partial charge is 0.272 e. The Bertz CT molecular complexity index is 732. The molecule has 130 valence electrons. The Balaban J connectivity index is 0.00000169. The molecule has 0 unspecified atom stereocenters. The molecule has 2 atom stereocenters. The van der Waals surface area contributed by atoms with E-state index in [2.05, 4.69) is 20.5 Å². The normalized spacial score (nSPS) is 27.2. The molecule has 24 heavy (non-hydrogen) atoms. The van der Waals surface area contributed by atoms with Gasteiger partial charge in [0.2, 0.25) is 0 Å². The fourth-order valence-corrected chi connectivity index (χ4v) is 3.86. The highest BCUT2D eigenvalue weighted by molar-refractivity contribution is 5.94. The molecule has 0 radical (unpaired) electrons. The summed E-state index contributed by atoms with van der Waals surface area (Å²) in [5.41, 5.74) is 0.837. The number of carbonyl (C=O) groups excluding carboxylic acids is 1. The predicted octanol–water partition coefficient (Wildman–Crippen LogP) is 0.956. The number of halogens is 1. The van der Waals surface area contributed by atoms with Crippen LogP contribution in [-0.2, 0) is 0 Å². The van der Waals surface area contributed by atoms with Crippen LogP contribution in [0, 0.1) is 5.41 Å². The average molecular weight is 352 g/mol. The first-order valence-electron chi connectivity index (χ1n) is 8.16. The van der Waals surface area contributed by atoms with Crippen LogP contribution in [0.15, 0.2) is 18.3 Å². The number of amides is 1. The first kappa shape index (κ1) is 17.1. The first-order chi connectivity index (χ1) is 11.2. The van der Waals surface area contributed by atoms with Crippen molar-refractivity contribution >= 4 is 29.3 Å². The van der Waals surface area contributed by atoms with Gasteiger partial charge in [-0.25, -0.2) is 4.98 Å². The molecule has 3 N–H and O–H groups in total. The van der Waals surface area contributed by atoms with Crippen molar-refractivity contribution in [3.05, 3.63) is 24.0 Å². The zero-order chi connectivity index (χ0) is 15.9. The third-order valence-electron chi connectivity index (χ3n) is 5.19. The minimum atomic E-state index is -0.345. The molecule has 2 aromatic heterocycles. The molecule has 7 nitrogen and oxygen atoms in total. The lowest BCUT2D eigenvalue weighted by Crippen LogP contribution is -2.58. The number of aliphatic hydroxyl groups excluding tert-OH is 1. The van der Waals surface area contributed by atoms with E-state index < -0.39 is 0 Å². The number of nitrogens with zero attached hydrogens (tertiary/aromatic N) is 3. The summed E-state index contributed by atoms with van der Waals surface area (Å²) in [6, 6.07) is 3.60. The summed E-state index contributed by atoms with van der Waals surface area (Å²) < 4.78 is 0. The first-order valence-corrected chi connectivity index (χ1v) is 8.16. The van der Waals surface area contributed by atoms with Crippen LogP contribution in [0.1, 0.15) is 29.8 Å². The molecule has 0 bridgehead atoms. The predicted molar refractivity (Wildman–Crippen MR) is 92.2 cm³/mol. The molecule has 0 saturated carbocycles. The van der Waals surface area contributed by atoms with Crippen LogP contribution in [0.4, 0.5) is 0 Å². The standard InChI is InChI=1S/C16H21N5O2.ClH/c22-13-4-6-17-9-16(13)5-1-7-21(10-16)15(23)12-3-2-11-8-18-20-14(11)19-12;/h2-3,8,13,17,22H,1,4-7,9-10H2,(H,18,19,20);1H/t13-,16-;/m0./s1. The van der Waals surface area contributed by atoms with Crippen molar-refractivity contribution in [2.24, 2.45) is 5.41 Å². The number of nitrogens with one attached hydrogen (secondary N) is 2. The largest absolute Gasteiger partial charge is 0.392 e. The second kappa shape index (κ2) is 6.66. The number of aromatic amines is 1. The minimum absolute atomic E-state index is 0. The van der Waals surface area contributed by atoms with Crippen molar-refractivity contribution < 1.29 is 9.90 Å². The number of fused-ring (bicyclic) bond motifs is 1. The number of H-pyrrole nitrogens is 1. The number of aromatic nitrogens is 3. The van der Waals surface area contributed by atoms with Gasteiger partial charge in [0, 0.05) is 30.4 Å². The topological polar surface area (TPSA) is 94.1 Å². The van der Waals surface area contributed by atoms with E-state index >= 15 is 0 Å². The van der Waals surface area contributed by atoms with E-state index in [1.165, 1.54) is 0 Å². The molecule has 2 aromatic rings. The number of pyridine rings is 1. The molecule has 1 spiro atoms. The molecule has 8 heteroatoms. The Morgan fingerprint density at radius 2 is 2.29 bits per heavy atom. The molecule has 2 fully saturated rings. The lowest BCUT2D eigenvalue weighted by Gasteiger charge is -2.48. The molecule has 1 amide bonds. The molecule has 4 rings (SSSR count). The average Bonchev–Trinajstić information content (AvgIpc) is 3.05. The zero-order valence-corrected chi connectivity index (χ0v) is 14.2. The number of hydrogen-bond acceptors (Lipinski definition) is 5. The number of likely N-dealkylation sites (tertiary alicyclic amines) is 1. The van der Waals surface area contributed by atoms with Gasteiger partial charge in [-0.05, 0) is 37.9 Å². The summed E-state index contributed by atoms with van der Waals surface area (Å²) in [5.74, 6) is -0.0710. The van der Waals surface area contributed by atoms with Gasteiger partial charge < -0.3 is 15.3 Å². The van der Waals surface area contributed by atoms with Crippen LogP contribution in [0.25, 0.3) is 11.0 Å². The molecule has 0 aromatic carbocycles. The summed E-state index contributed by atoms with van der Waals surface area (Å²) in [6.07, 6.45) is 3.97. The SMILES string of the molecule is Cl.O=C(c1ccc2cn[nH]c2n1)N1CCC[C@]2(CNCC[C@@H]2O)C1. The van der Waals surface area contributed by atoms with E-state index in [1.54, 1.807) is 12.3 Å². The Labute approximate surface area is 146 Å². The maximum Gasteiger partial charge on any atom is 0.272 e. The van der Waals surface area contributed by atoms with Crippen molar-refractivity contribution in [3.63, 3.8) is 0 Å². The third kappa shape index (κ3) is 2.87. The number of aliphatic hydroxyl groups is 1. The third-order valence-corrected chi connectivity index (χ3v) is 5.19. The maximum absolute atomic E-state index is 12.8. The van der Waals surface area contributed by atoms with E-state index in [1.807, 2.05) is 11.0 Å². The van der Waals surface area contributed by atoms with Gasteiger partial charge >= 0.3 is 0 Å². The summed E-state index contributed by atoms with van der Waals surface area (Å²) in [5, 5.41) is 21.5. The molecule has 2 aliphatic heterocycles. The highest BCUT2D eigenvalue weighted by Gasteiger charge is 2.44. The van der Waals surface area contributed by atoms with E-state index in [9.17, 15) is 9.90 Å². The van der Waals surface area contributed by atoms with Crippen LogP contribution in [0.5, 0.6) is 0 Å². The van der Waals surface area contributed by atoms with Gasteiger partial charge in [-0.2, -0.15) is 5.10 Å². The van der Waals surface area contributed by atoms with Crippen molar-refractivity contribution in [1.29, 1.82) is 0 Å². The van der Waals surface area contributed by atoms with Gasteiger partial charge in [-0.1, -0.05) is 0 Å². The summed E-state index contributed by atoms with van der Waals surface area (Å²) in [4.78, 5) is 19.0. The molecule has 2 saturated heterocycles. The Morgan fingerprint density at radius 3 is 3.12 bits per heavy atom. The highest BCUT2D eigenvalue weighted by Crippen LogP contribution is 2.36. The molecule has 4 heterocycles. The van der Waals surface area contributed by atoms with Crippen molar-refractivity contribution in [2.75, 3.05) is 26.2 Å². The van der Waals surface area contributed by atoms with E-state index in [0.29, 0.717) is 17.9 Å². The van der Waals surface area contributed by atoms with Crippen LogP contribution >= 0.6 is 12.4 Å². The van der Waals surface area contributed by atoms with Crippen LogP contribution < -0.4 is 5.32 Å². The van der Waals surface area contributed by atoms with Gasteiger partial charge in [-0.15, -0.1) is 12.4 Å². The van der Waals surface area contributed by atoms with Gasteiger partial charge in [0.25, 0.3) is 5.91 Å². The second-order valence-electron chi connectivity index (χ2n) is 6.68. The quantitative estimate of drug-likeness (QED) is 0.711. The van der Waals surface area contributed by atoms with Crippen LogP contribution in [0.2, 0.25) is 0 Å². The summed E-state index contributed by atoms with van der Waals surface area (Å²) >= 11 is 0. The van der Waals surface area contributed by atoms with Crippen molar-refractivity contribution in [1.82, 2.24) is 25.4 Å². The van der Waals surface area contributed by atoms with E-state index in [4.69, 9.17) is 0 Å². The fraction of sp³-hybridized carbons (Fsp3) is 0.562. The van der Waals surface area contributed by atoms with Crippen molar-refractivity contribution in [3.8, 4) is 0 Å². The lowest BCUT2D eigenvalue weighted by molar-refractivity contribution is -0.0434. The zero-order valence-electron chi connectivity index (χ0n) is 13.4. The highest BCUT2D eigenvalue weighted by atomic mass is 35.5. The van der Waals surface area contributed by atoms with Crippen molar-refractivity contribution in [2.45, 2.75) is 25.4 Å². The molecular formula is C16H22ClN5O2. The Hall–Kier alpha value is -1.70. The number of carbonyl (C=O) groups is 1. The maximum atomic E-state index is 12.8. The number of piperidine rings is 2. The summed E-state index contributed by atoms with van der Waals surface area (Å²) in [7, 11) is 0. The lowest BCUT2D eigenvalue weighted by atomic mass is 9.72. The fourth-order valence-electron chi connectivity index (χ4n) is 3.86. The molecule has 0 aliphatic carbocycles. The van der Waals surface area contributed by atoms with Gasteiger partial charge in [0.15, 0.2) is 5.65 Å². The number of rotatable bonds is 1. The van der Waals surface area contributed by atoms with E-state index in [-0.39, 0.29) is 29.8 Å². The molecular weight excluding hydrogens is 330 g/mol. The second-order valence-corrected chi connectivity index (χ2v) is 6.68. The van der Waals surface area contributed by atoms with E-state index in [0.717, 1.165) is 44.3 Å². The monoisotopic (exact) mass is 351 g/mol. The van der Waals surface area contributed by atoms with Crippen LogP contribution in [0.3, 0.4) is 0 Å². The number of hydrogen-bond donors (Lipinski definition) is 3. The summed E-state index contributed by atoms with van der Waals surface area (Å²) in [6.45, 7) is 2.92. The van der Waals surface area contributed by atoms with Gasteiger partial charge in [0.05, 0.1) is 12.3 Å². The van der Waals surface area contributed by atoms with Gasteiger partial charge in [-0.3, -0.25) is 9.89 Å². The minimum Gasteiger partial charge on any atom is -0.392 e. The van der Waals surface area contributed by atoms with Crippen LogP contribution in [-0.4, -0.2) is 63.4 Å². The Morgan fingerprint density at radius 1 is 1.42 bits per heavy atom. The van der Waals surface area contributed by atoms with Gasteiger partial charge in [0.1, 0.15) is 5.69 Å².